The first kappa shape index (κ1) is 17.9. The number of nitrogens with one attached hydrogen (secondary N) is 1. The highest BCUT2D eigenvalue weighted by atomic mass is 32.2. The lowest BCUT2D eigenvalue weighted by Crippen LogP contribution is -2.37. The summed E-state index contributed by atoms with van der Waals surface area (Å²) in [6.45, 7) is 3.35. The number of nitrogens with zero attached hydrogens (tertiary/aromatic N) is 1. The van der Waals surface area contributed by atoms with Gasteiger partial charge in [-0.15, -0.1) is 0 Å². The van der Waals surface area contributed by atoms with E-state index in [0.29, 0.717) is 5.69 Å². The minimum Gasteiger partial charge on any atom is -0.324 e. The summed E-state index contributed by atoms with van der Waals surface area (Å²) in [5, 5.41) is 2.70. The summed E-state index contributed by atoms with van der Waals surface area (Å²) < 4.78 is 38.2. The van der Waals surface area contributed by atoms with Crippen LogP contribution in [-0.2, 0) is 14.8 Å². The van der Waals surface area contributed by atoms with Crippen LogP contribution < -0.4 is 9.62 Å². The summed E-state index contributed by atoms with van der Waals surface area (Å²) in [4.78, 5) is 12.3. The first-order valence-electron chi connectivity index (χ1n) is 7.28. The third-order valence-electron chi connectivity index (χ3n) is 3.66. The van der Waals surface area contributed by atoms with Crippen molar-refractivity contribution in [1.82, 2.24) is 0 Å². The van der Waals surface area contributed by atoms with Gasteiger partial charge < -0.3 is 5.32 Å². The Balaban J connectivity index is 2.24. The molecule has 5 nitrogen and oxygen atoms in total. The molecule has 0 spiro atoms. The predicted octanol–water partition coefficient (Wildman–Crippen LogP) is 2.85. The molecule has 2 aromatic carbocycles. The molecule has 2 aromatic rings. The SMILES string of the molecule is Cc1cccc(NC(=O)CN(c2cccc(F)c2)S(C)(=O)=O)c1C. The van der Waals surface area contributed by atoms with Crippen molar-refractivity contribution in [3.63, 3.8) is 0 Å². The van der Waals surface area contributed by atoms with Gasteiger partial charge in [0.25, 0.3) is 0 Å². The minimum absolute atomic E-state index is 0.105. The van der Waals surface area contributed by atoms with E-state index in [4.69, 9.17) is 0 Å². The topological polar surface area (TPSA) is 66.5 Å². The fraction of sp³-hybridized carbons (Fsp3) is 0.235. The maximum Gasteiger partial charge on any atom is 0.245 e. The quantitative estimate of drug-likeness (QED) is 0.902. The second kappa shape index (κ2) is 7.00. The molecule has 1 N–H and O–H groups in total. The molecule has 0 bridgehead atoms. The number of aryl methyl sites for hydroxylation is 1. The molecule has 0 aliphatic carbocycles. The Morgan fingerprint density at radius 1 is 1.17 bits per heavy atom. The maximum atomic E-state index is 13.4. The van der Waals surface area contributed by atoms with Crippen LogP contribution in [-0.4, -0.2) is 27.1 Å². The van der Waals surface area contributed by atoms with Crippen LogP contribution in [0.3, 0.4) is 0 Å². The second-order valence-corrected chi connectivity index (χ2v) is 7.45. The van der Waals surface area contributed by atoms with Gasteiger partial charge in [0.15, 0.2) is 0 Å². The molecule has 0 aliphatic heterocycles. The number of rotatable bonds is 5. The van der Waals surface area contributed by atoms with Crippen molar-refractivity contribution in [2.24, 2.45) is 0 Å². The summed E-state index contributed by atoms with van der Waals surface area (Å²) in [6, 6.07) is 10.6. The zero-order chi connectivity index (χ0) is 17.9. The van der Waals surface area contributed by atoms with E-state index in [-0.39, 0.29) is 5.69 Å². The molecule has 128 valence electrons. The Hall–Kier alpha value is -2.41. The van der Waals surface area contributed by atoms with Crippen LogP contribution in [0.2, 0.25) is 0 Å². The van der Waals surface area contributed by atoms with Gasteiger partial charge in [0, 0.05) is 5.69 Å². The molecule has 0 unspecified atom stereocenters. The number of carbonyl (C=O) groups excluding carboxylic acids is 1. The molecular formula is C17H19FN2O3S. The van der Waals surface area contributed by atoms with Gasteiger partial charge in [-0.3, -0.25) is 9.10 Å². The van der Waals surface area contributed by atoms with E-state index in [0.717, 1.165) is 27.8 Å². The summed E-state index contributed by atoms with van der Waals surface area (Å²) in [7, 11) is -3.73. The fourth-order valence-corrected chi connectivity index (χ4v) is 3.09. The number of benzene rings is 2. The number of carbonyl (C=O) groups is 1. The van der Waals surface area contributed by atoms with Gasteiger partial charge in [-0.1, -0.05) is 18.2 Å². The van der Waals surface area contributed by atoms with E-state index >= 15 is 0 Å². The largest absolute Gasteiger partial charge is 0.324 e. The van der Waals surface area contributed by atoms with Gasteiger partial charge in [-0.05, 0) is 49.2 Å². The first-order valence-corrected chi connectivity index (χ1v) is 9.12. The van der Waals surface area contributed by atoms with Gasteiger partial charge in [0.1, 0.15) is 12.4 Å². The van der Waals surface area contributed by atoms with Gasteiger partial charge in [0.05, 0.1) is 11.9 Å². The van der Waals surface area contributed by atoms with E-state index < -0.39 is 28.3 Å². The molecule has 0 aromatic heterocycles. The third-order valence-corrected chi connectivity index (χ3v) is 4.80. The number of anilines is 2. The number of hydrogen-bond donors (Lipinski definition) is 1. The van der Waals surface area contributed by atoms with Crippen molar-refractivity contribution < 1.29 is 17.6 Å². The summed E-state index contributed by atoms with van der Waals surface area (Å²) in [6.07, 6.45) is 0.975. The molecule has 0 radical (unpaired) electrons. The molecule has 24 heavy (non-hydrogen) atoms. The average Bonchev–Trinajstić information content (AvgIpc) is 2.48. The highest BCUT2D eigenvalue weighted by molar-refractivity contribution is 7.92. The van der Waals surface area contributed by atoms with Crippen LogP contribution in [0.5, 0.6) is 0 Å². The monoisotopic (exact) mass is 350 g/mol. The molecule has 0 heterocycles. The Kier molecular flexibility index (Phi) is 5.23. The maximum absolute atomic E-state index is 13.4. The summed E-state index contributed by atoms with van der Waals surface area (Å²) >= 11 is 0. The zero-order valence-corrected chi connectivity index (χ0v) is 14.5. The van der Waals surface area contributed by atoms with Crippen molar-refractivity contribution in [3.8, 4) is 0 Å². The van der Waals surface area contributed by atoms with E-state index in [9.17, 15) is 17.6 Å². The van der Waals surface area contributed by atoms with Crippen LogP contribution in [0.4, 0.5) is 15.8 Å². The van der Waals surface area contributed by atoms with E-state index in [1.54, 1.807) is 12.1 Å². The number of halogens is 1. The smallest absolute Gasteiger partial charge is 0.245 e. The number of sulfonamides is 1. The van der Waals surface area contributed by atoms with Crippen LogP contribution in [0, 0.1) is 19.7 Å². The van der Waals surface area contributed by atoms with Crippen LogP contribution >= 0.6 is 0 Å². The number of amides is 1. The molecule has 0 atom stereocenters. The van der Waals surface area contributed by atoms with Gasteiger partial charge >= 0.3 is 0 Å². The Morgan fingerprint density at radius 3 is 2.46 bits per heavy atom. The lowest BCUT2D eigenvalue weighted by molar-refractivity contribution is -0.114. The summed E-state index contributed by atoms with van der Waals surface area (Å²) in [5.74, 6) is -1.07. The Morgan fingerprint density at radius 2 is 1.83 bits per heavy atom. The normalized spacial score (nSPS) is 11.2. The third kappa shape index (κ3) is 4.32. The fourth-order valence-electron chi connectivity index (χ4n) is 2.24. The van der Waals surface area contributed by atoms with Crippen LogP contribution in [0.15, 0.2) is 42.5 Å². The molecule has 0 saturated heterocycles. The average molecular weight is 350 g/mol. The van der Waals surface area contributed by atoms with Gasteiger partial charge in [-0.2, -0.15) is 0 Å². The Bertz CT molecular complexity index is 866. The Labute approximate surface area is 141 Å². The van der Waals surface area contributed by atoms with Crippen molar-refractivity contribution in [2.75, 3.05) is 22.4 Å². The highest BCUT2D eigenvalue weighted by Crippen LogP contribution is 2.20. The highest BCUT2D eigenvalue weighted by Gasteiger charge is 2.21. The number of hydrogen-bond acceptors (Lipinski definition) is 3. The van der Waals surface area contributed by atoms with Crippen molar-refractivity contribution in [2.45, 2.75) is 13.8 Å². The van der Waals surface area contributed by atoms with Crippen molar-refractivity contribution in [3.05, 3.63) is 59.4 Å². The zero-order valence-electron chi connectivity index (χ0n) is 13.7. The molecule has 1 amide bonds. The molecule has 0 aliphatic rings. The van der Waals surface area contributed by atoms with Crippen LogP contribution in [0.25, 0.3) is 0 Å². The van der Waals surface area contributed by atoms with E-state index in [1.165, 1.54) is 18.2 Å². The van der Waals surface area contributed by atoms with Crippen molar-refractivity contribution >= 4 is 27.3 Å². The standard InChI is InChI=1S/C17H19FN2O3S/c1-12-6-4-9-16(13(12)2)19-17(21)11-20(24(3,22)23)15-8-5-7-14(18)10-15/h4-10H,11H2,1-3H3,(H,19,21). The van der Waals surface area contributed by atoms with E-state index in [2.05, 4.69) is 5.32 Å². The van der Waals surface area contributed by atoms with Gasteiger partial charge in [-0.25, -0.2) is 12.8 Å². The second-order valence-electron chi connectivity index (χ2n) is 5.55. The summed E-state index contributed by atoms with van der Waals surface area (Å²) in [5.41, 5.74) is 2.64. The van der Waals surface area contributed by atoms with E-state index in [1.807, 2.05) is 19.9 Å². The molecular weight excluding hydrogens is 331 g/mol. The molecule has 7 heteroatoms. The lowest BCUT2D eigenvalue weighted by atomic mass is 10.1. The van der Waals surface area contributed by atoms with Gasteiger partial charge in [0.2, 0.25) is 15.9 Å². The molecule has 2 rings (SSSR count). The lowest BCUT2D eigenvalue weighted by Gasteiger charge is -2.22. The first-order chi connectivity index (χ1) is 11.2. The predicted molar refractivity (Wildman–Crippen MR) is 93.1 cm³/mol. The molecule has 0 saturated carbocycles. The van der Waals surface area contributed by atoms with Crippen LogP contribution in [0.1, 0.15) is 11.1 Å². The molecule has 0 fully saturated rings. The minimum atomic E-state index is -3.73. The van der Waals surface area contributed by atoms with Crippen molar-refractivity contribution in [1.29, 1.82) is 0 Å².